The molecule has 5 atom stereocenters. The molecule has 1 fully saturated rings. The predicted octanol–water partition coefficient (Wildman–Crippen LogP) is 0.0963. The Bertz CT molecular complexity index is 747. The third-order valence-electron chi connectivity index (χ3n) is 4.23. The van der Waals surface area contributed by atoms with Gasteiger partial charge in [-0.15, -0.1) is 0 Å². The zero-order valence-corrected chi connectivity index (χ0v) is 13.8. The van der Waals surface area contributed by atoms with E-state index in [-0.39, 0.29) is 11.5 Å². The normalized spacial score (nSPS) is 28.5. The molecule has 0 saturated carbocycles. The van der Waals surface area contributed by atoms with Crippen LogP contribution in [0.25, 0.3) is 0 Å². The van der Waals surface area contributed by atoms with Gasteiger partial charge in [0.1, 0.15) is 30.2 Å². The predicted molar refractivity (Wildman–Crippen MR) is 90.7 cm³/mol. The highest BCUT2D eigenvalue weighted by molar-refractivity contribution is 6.09. The van der Waals surface area contributed by atoms with Gasteiger partial charge in [0.2, 0.25) is 6.29 Å². The van der Waals surface area contributed by atoms with Crippen molar-refractivity contribution in [3.05, 3.63) is 65.7 Å². The van der Waals surface area contributed by atoms with E-state index in [4.69, 9.17) is 9.47 Å². The van der Waals surface area contributed by atoms with Crippen molar-refractivity contribution >= 4 is 5.78 Å². The van der Waals surface area contributed by atoms with Crippen LogP contribution in [0.2, 0.25) is 0 Å². The van der Waals surface area contributed by atoms with Gasteiger partial charge in [-0.1, -0.05) is 42.5 Å². The summed E-state index contributed by atoms with van der Waals surface area (Å²) < 4.78 is 10.8. The molecule has 2 aromatic rings. The number of benzene rings is 2. The van der Waals surface area contributed by atoms with E-state index in [1.165, 1.54) is 6.07 Å². The molecule has 0 radical (unpaired) electrons. The summed E-state index contributed by atoms with van der Waals surface area (Å²) in [6.07, 6.45) is -6.86. The van der Waals surface area contributed by atoms with Crippen LogP contribution in [0.5, 0.6) is 5.75 Å². The van der Waals surface area contributed by atoms with E-state index >= 15 is 0 Å². The quantitative estimate of drug-likeness (QED) is 0.559. The molecule has 0 bridgehead atoms. The van der Waals surface area contributed by atoms with Crippen molar-refractivity contribution in [2.24, 2.45) is 0 Å². The number of ketones is 1. The number of aliphatic hydroxyl groups excluding tert-OH is 4. The van der Waals surface area contributed by atoms with Crippen molar-refractivity contribution in [2.45, 2.75) is 30.7 Å². The first kappa shape index (κ1) is 18.5. The van der Waals surface area contributed by atoms with Crippen LogP contribution in [-0.2, 0) is 4.74 Å². The number of rotatable bonds is 5. The third-order valence-corrected chi connectivity index (χ3v) is 4.23. The SMILES string of the molecule is O=C(c1ccccc1)c1cccc(O[C@H]2O[C@H](CO)[C@@H](O)[C@H](O)[C@@H]2O)c1. The highest BCUT2D eigenvalue weighted by Gasteiger charge is 2.44. The fraction of sp³-hybridized carbons (Fsp3) is 0.316. The average Bonchev–Trinajstić information content (AvgIpc) is 2.68. The molecule has 1 aliphatic rings. The molecule has 7 heteroatoms. The second-order valence-electron chi connectivity index (χ2n) is 6.04. The number of hydrogen-bond donors (Lipinski definition) is 4. The monoisotopic (exact) mass is 360 g/mol. The Hall–Kier alpha value is -2.29. The van der Waals surface area contributed by atoms with E-state index < -0.39 is 37.3 Å². The summed E-state index contributed by atoms with van der Waals surface area (Å²) in [6.45, 7) is -0.544. The second-order valence-corrected chi connectivity index (χ2v) is 6.04. The van der Waals surface area contributed by atoms with Gasteiger partial charge in [-0.25, -0.2) is 0 Å². The zero-order chi connectivity index (χ0) is 18.7. The molecule has 0 amide bonds. The Morgan fingerprint density at radius 2 is 1.62 bits per heavy atom. The number of ether oxygens (including phenoxy) is 2. The van der Waals surface area contributed by atoms with E-state index in [0.717, 1.165) is 0 Å². The molecule has 0 aliphatic carbocycles. The van der Waals surface area contributed by atoms with Crippen molar-refractivity contribution < 1.29 is 34.7 Å². The van der Waals surface area contributed by atoms with E-state index in [0.29, 0.717) is 11.1 Å². The lowest BCUT2D eigenvalue weighted by Crippen LogP contribution is -2.60. The lowest BCUT2D eigenvalue weighted by atomic mass is 9.99. The molecular formula is C19H20O7. The van der Waals surface area contributed by atoms with Crippen molar-refractivity contribution in [1.29, 1.82) is 0 Å². The Morgan fingerprint density at radius 3 is 2.31 bits per heavy atom. The van der Waals surface area contributed by atoms with Gasteiger partial charge >= 0.3 is 0 Å². The molecular weight excluding hydrogens is 340 g/mol. The minimum Gasteiger partial charge on any atom is -0.462 e. The summed E-state index contributed by atoms with van der Waals surface area (Å²) in [7, 11) is 0. The highest BCUT2D eigenvalue weighted by Crippen LogP contribution is 2.25. The van der Waals surface area contributed by atoms with Crippen LogP contribution in [0.4, 0.5) is 0 Å². The van der Waals surface area contributed by atoms with Gasteiger partial charge in [0.25, 0.3) is 0 Å². The number of aliphatic hydroxyl groups is 4. The molecule has 1 heterocycles. The first-order valence-corrected chi connectivity index (χ1v) is 8.18. The molecule has 7 nitrogen and oxygen atoms in total. The lowest BCUT2D eigenvalue weighted by molar-refractivity contribution is -0.277. The van der Waals surface area contributed by atoms with E-state index in [9.17, 15) is 25.2 Å². The van der Waals surface area contributed by atoms with Gasteiger partial charge < -0.3 is 29.9 Å². The Balaban J connectivity index is 1.77. The maximum Gasteiger partial charge on any atom is 0.229 e. The minimum absolute atomic E-state index is 0.190. The standard InChI is InChI=1S/C19H20O7/c20-10-14-16(22)17(23)18(24)19(26-14)25-13-8-4-7-12(9-13)15(21)11-5-2-1-3-6-11/h1-9,14,16-20,22-24H,10H2/t14-,16-,17+,18+,19+/m1/s1. The molecule has 0 spiro atoms. The molecule has 2 aromatic carbocycles. The fourth-order valence-corrected chi connectivity index (χ4v) is 2.77. The van der Waals surface area contributed by atoms with E-state index in [1.54, 1.807) is 42.5 Å². The van der Waals surface area contributed by atoms with Gasteiger partial charge in [0.05, 0.1) is 6.61 Å². The van der Waals surface area contributed by atoms with Crippen LogP contribution in [0.15, 0.2) is 54.6 Å². The summed E-state index contributed by atoms with van der Waals surface area (Å²) in [5, 5.41) is 38.8. The van der Waals surface area contributed by atoms with Gasteiger partial charge in [0.15, 0.2) is 5.78 Å². The second kappa shape index (κ2) is 7.94. The van der Waals surface area contributed by atoms with Crippen molar-refractivity contribution in [3.8, 4) is 5.75 Å². The topological polar surface area (TPSA) is 116 Å². The van der Waals surface area contributed by atoms with Crippen LogP contribution in [0, 0.1) is 0 Å². The van der Waals surface area contributed by atoms with E-state index in [1.807, 2.05) is 6.07 Å². The highest BCUT2D eigenvalue weighted by atomic mass is 16.7. The van der Waals surface area contributed by atoms with Crippen LogP contribution in [-0.4, -0.2) is 63.5 Å². The third kappa shape index (κ3) is 3.77. The number of carbonyl (C=O) groups is 1. The summed E-state index contributed by atoms with van der Waals surface area (Å²) in [5.74, 6) is 0.0564. The molecule has 4 N–H and O–H groups in total. The molecule has 0 aromatic heterocycles. The van der Waals surface area contributed by atoms with Crippen LogP contribution < -0.4 is 4.74 Å². The molecule has 26 heavy (non-hydrogen) atoms. The molecule has 1 aliphatic heterocycles. The summed E-state index contributed by atoms with van der Waals surface area (Å²) in [4.78, 5) is 12.5. The first-order chi connectivity index (χ1) is 12.5. The summed E-state index contributed by atoms with van der Waals surface area (Å²) in [5.41, 5.74) is 0.913. The molecule has 3 rings (SSSR count). The van der Waals surface area contributed by atoms with Gasteiger partial charge in [-0.2, -0.15) is 0 Å². The van der Waals surface area contributed by atoms with Gasteiger partial charge in [0, 0.05) is 11.1 Å². The number of carbonyl (C=O) groups excluding carboxylic acids is 1. The smallest absolute Gasteiger partial charge is 0.229 e. The van der Waals surface area contributed by atoms with Crippen molar-refractivity contribution in [1.82, 2.24) is 0 Å². The van der Waals surface area contributed by atoms with Crippen LogP contribution in [0.1, 0.15) is 15.9 Å². The first-order valence-electron chi connectivity index (χ1n) is 8.18. The fourth-order valence-electron chi connectivity index (χ4n) is 2.77. The van der Waals surface area contributed by atoms with Crippen molar-refractivity contribution in [3.63, 3.8) is 0 Å². The van der Waals surface area contributed by atoms with Crippen LogP contribution >= 0.6 is 0 Å². The lowest BCUT2D eigenvalue weighted by Gasteiger charge is -2.39. The number of hydrogen-bond acceptors (Lipinski definition) is 7. The summed E-state index contributed by atoms with van der Waals surface area (Å²) >= 11 is 0. The minimum atomic E-state index is -1.53. The van der Waals surface area contributed by atoms with Crippen LogP contribution in [0.3, 0.4) is 0 Å². The van der Waals surface area contributed by atoms with E-state index in [2.05, 4.69) is 0 Å². The van der Waals surface area contributed by atoms with Gasteiger partial charge in [-0.3, -0.25) is 4.79 Å². The Morgan fingerprint density at radius 1 is 0.923 bits per heavy atom. The Kier molecular flexibility index (Phi) is 5.65. The maximum absolute atomic E-state index is 12.5. The zero-order valence-electron chi connectivity index (χ0n) is 13.8. The molecule has 1 saturated heterocycles. The van der Waals surface area contributed by atoms with Gasteiger partial charge in [-0.05, 0) is 12.1 Å². The Labute approximate surface area is 150 Å². The van der Waals surface area contributed by atoms with Crippen molar-refractivity contribution in [2.75, 3.05) is 6.61 Å². The largest absolute Gasteiger partial charge is 0.462 e. The molecule has 0 unspecified atom stereocenters. The molecule has 138 valence electrons. The average molecular weight is 360 g/mol. The maximum atomic E-state index is 12.5. The summed E-state index contributed by atoms with van der Waals surface area (Å²) in [6, 6.07) is 15.1.